The van der Waals surface area contributed by atoms with Crippen molar-refractivity contribution in [1.29, 1.82) is 0 Å². The first-order valence-corrected chi connectivity index (χ1v) is 8.41. The molecule has 0 bridgehead atoms. The topological polar surface area (TPSA) is 70.6 Å². The van der Waals surface area contributed by atoms with E-state index in [1.807, 2.05) is 6.92 Å². The number of aromatic nitrogens is 2. The van der Waals surface area contributed by atoms with Crippen LogP contribution in [0.2, 0.25) is 0 Å². The van der Waals surface area contributed by atoms with Gasteiger partial charge in [0, 0.05) is 18.2 Å². The number of hydrazone groups is 1. The Kier molecular flexibility index (Phi) is 3.88. The number of benzene rings is 1. The molecule has 2 aliphatic rings. The fourth-order valence-electron chi connectivity index (χ4n) is 3.59. The van der Waals surface area contributed by atoms with Crippen molar-refractivity contribution in [3.8, 4) is 0 Å². The molecule has 0 radical (unpaired) electrons. The van der Waals surface area contributed by atoms with Crippen LogP contribution in [0.5, 0.6) is 0 Å². The number of H-pyrrole nitrogens is 1. The molecule has 1 N–H and O–H groups in total. The van der Waals surface area contributed by atoms with Gasteiger partial charge < -0.3 is 9.72 Å². The molecule has 4 rings (SSSR count). The first-order valence-electron chi connectivity index (χ1n) is 8.41. The van der Waals surface area contributed by atoms with Crippen molar-refractivity contribution in [2.45, 2.75) is 32.2 Å². The minimum absolute atomic E-state index is 0.114. The lowest BCUT2D eigenvalue weighted by Gasteiger charge is -2.30. The average molecular weight is 378 g/mol. The molecular weight excluding hydrogens is 361 g/mol. The highest BCUT2D eigenvalue weighted by atomic mass is 19.4. The zero-order valence-electron chi connectivity index (χ0n) is 14.7. The number of aromatic amines is 1. The number of hydrogen-bond acceptors (Lipinski definition) is 5. The molecule has 0 saturated heterocycles. The second-order valence-corrected chi connectivity index (χ2v) is 6.91. The Morgan fingerprint density at radius 3 is 2.81 bits per heavy atom. The van der Waals surface area contributed by atoms with E-state index in [1.165, 1.54) is 12.1 Å². The summed E-state index contributed by atoms with van der Waals surface area (Å²) in [5, 5.41) is 5.92. The van der Waals surface area contributed by atoms with Crippen molar-refractivity contribution in [3.63, 3.8) is 0 Å². The number of fused-ring (bicyclic) bond motifs is 1. The van der Waals surface area contributed by atoms with Crippen LogP contribution in [-0.4, -0.2) is 22.7 Å². The maximum absolute atomic E-state index is 13.0. The summed E-state index contributed by atoms with van der Waals surface area (Å²) in [5.41, 5.74) is -0.495. The Bertz CT molecular complexity index is 985. The highest BCUT2D eigenvalue weighted by Gasteiger charge is 2.45. The number of aryl methyl sites for hydroxylation is 1. The fraction of sp³-hybridized carbons (Fsp3) is 0.389. The van der Waals surface area contributed by atoms with Gasteiger partial charge in [0.2, 0.25) is 0 Å². The van der Waals surface area contributed by atoms with Gasteiger partial charge in [-0.25, -0.2) is 9.99 Å². The Hall–Kier alpha value is -2.68. The molecule has 0 fully saturated rings. The van der Waals surface area contributed by atoms with Crippen LogP contribution in [0.4, 0.5) is 19.0 Å². The first kappa shape index (κ1) is 17.7. The zero-order valence-corrected chi connectivity index (χ0v) is 14.7. The first-order chi connectivity index (χ1) is 12.7. The van der Waals surface area contributed by atoms with E-state index >= 15 is 0 Å². The smallest absolute Gasteiger partial charge is 0.365 e. The van der Waals surface area contributed by atoms with Crippen LogP contribution in [-0.2, 0) is 23.1 Å². The molecule has 0 saturated carbocycles. The van der Waals surface area contributed by atoms with Crippen LogP contribution in [0.1, 0.15) is 29.4 Å². The molecule has 2 aliphatic heterocycles. The summed E-state index contributed by atoms with van der Waals surface area (Å²) in [6.45, 7) is 4.05. The number of nitrogens with zero attached hydrogens (tertiary/aromatic N) is 3. The van der Waals surface area contributed by atoms with Crippen LogP contribution < -0.4 is 10.6 Å². The third-order valence-corrected chi connectivity index (χ3v) is 5.07. The summed E-state index contributed by atoms with van der Waals surface area (Å²) in [5.74, 6) is 0.700. The maximum atomic E-state index is 13.0. The SMILES string of the molecule is Cc1nc(N2CC([C@]3(C)OCc4cc(C(F)(F)F)ccc43)C=N2)cc(=O)[nH]1. The molecule has 0 amide bonds. The van der Waals surface area contributed by atoms with Crippen LogP contribution in [0.3, 0.4) is 0 Å². The second kappa shape index (κ2) is 5.91. The average Bonchev–Trinajstić information content (AvgIpc) is 3.19. The van der Waals surface area contributed by atoms with E-state index in [2.05, 4.69) is 15.1 Å². The van der Waals surface area contributed by atoms with Crippen LogP contribution in [0, 0.1) is 12.8 Å². The highest BCUT2D eigenvalue weighted by molar-refractivity contribution is 5.70. The van der Waals surface area contributed by atoms with Gasteiger partial charge in [0.1, 0.15) is 11.4 Å². The van der Waals surface area contributed by atoms with Gasteiger partial charge >= 0.3 is 6.18 Å². The highest BCUT2D eigenvalue weighted by Crippen LogP contribution is 2.44. The summed E-state index contributed by atoms with van der Waals surface area (Å²) < 4.78 is 44.8. The molecule has 2 atom stereocenters. The minimum atomic E-state index is -4.39. The standard InChI is InChI=1S/C18H17F3N4O2/c1-10-23-15(6-16(26)24-10)25-8-13(7-22-25)17(2)14-4-3-12(18(19,20)21)5-11(14)9-27-17/h3-7,13H,8-9H2,1-2H3,(H,23,24,26)/t13?,17-/m0/s1. The summed E-state index contributed by atoms with van der Waals surface area (Å²) in [7, 11) is 0. The quantitative estimate of drug-likeness (QED) is 0.872. The van der Waals surface area contributed by atoms with Gasteiger partial charge in [0.05, 0.1) is 18.7 Å². The second-order valence-electron chi connectivity index (χ2n) is 6.91. The Morgan fingerprint density at radius 2 is 2.11 bits per heavy atom. The molecule has 2 aromatic rings. The monoisotopic (exact) mass is 378 g/mol. The molecular formula is C18H17F3N4O2. The number of rotatable bonds is 2. The van der Waals surface area contributed by atoms with Crippen molar-refractivity contribution in [2.75, 3.05) is 11.6 Å². The minimum Gasteiger partial charge on any atom is -0.365 e. The third kappa shape index (κ3) is 3.01. The van der Waals surface area contributed by atoms with Crippen molar-refractivity contribution < 1.29 is 17.9 Å². The molecule has 1 unspecified atom stereocenters. The molecule has 1 aromatic heterocycles. The number of nitrogens with one attached hydrogen (secondary N) is 1. The number of alkyl halides is 3. The van der Waals surface area contributed by atoms with E-state index in [4.69, 9.17) is 4.74 Å². The van der Waals surface area contributed by atoms with Crippen molar-refractivity contribution >= 4 is 12.0 Å². The largest absolute Gasteiger partial charge is 0.416 e. The molecule has 3 heterocycles. The van der Waals surface area contributed by atoms with Gasteiger partial charge in [-0.1, -0.05) is 6.07 Å². The summed E-state index contributed by atoms with van der Waals surface area (Å²) in [6, 6.07) is 5.06. The summed E-state index contributed by atoms with van der Waals surface area (Å²) in [4.78, 5) is 18.5. The van der Waals surface area contributed by atoms with Crippen LogP contribution in [0.15, 0.2) is 34.2 Å². The normalized spacial score (nSPS) is 24.5. The third-order valence-electron chi connectivity index (χ3n) is 5.07. The number of anilines is 1. The van der Waals surface area contributed by atoms with Gasteiger partial charge in [0.25, 0.3) is 5.56 Å². The van der Waals surface area contributed by atoms with Gasteiger partial charge in [-0.05, 0) is 37.1 Å². The number of halogens is 3. The molecule has 6 nitrogen and oxygen atoms in total. The Morgan fingerprint density at radius 1 is 1.33 bits per heavy atom. The number of hydrogen-bond donors (Lipinski definition) is 1. The van der Waals surface area contributed by atoms with E-state index in [9.17, 15) is 18.0 Å². The van der Waals surface area contributed by atoms with Crippen LogP contribution in [0.25, 0.3) is 0 Å². The number of ether oxygens (including phenoxy) is 1. The van der Waals surface area contributed by atoms with Crippen molar-refractivity contribution in [1.82, 2.24) is 9.97 Å². The van der Waals surface area contributed by atoms with Gasteiger partial charge in [-0.15, -0.1) is 0 Å². The molecule has 142 valence electrons. The van der Waals surface area contributed by atoms with E-state index in [1.54, 1.807) is 18.1 Å². The van der Waals surface area contributed by atoms with E-state index in [-0.39, 0.29) is 18.1 Å². The van der Waals surface area contributed by atoms with E-state index in [0.717, 1.165) is 17.7 Å². The predicted octanol–water partition coefficient (Wildman–Crippen LogP) is 2.96. The van der Waals surface area contributed by atoms with Crippen molar-refractivity contribution in [2.24, 2.45) is 11.0 Å². The van der Waals surface area contributed by atoms with Crippen LogP contribution >= 0.6 is 0 Å². The predicted molar refractivity (Wildman–Crippen MR) is 92.5 cm³/mol. The van der Waals surface area contributed by atoms with E-state index < -0.39 is 17.3 Å². The molecule has 0 spiro atoms. The van der Waals surface area contributed by atoms with Gasteiger partial charge in [-0.3, -0.25) is 4.79 Å². The lowest BCUT2D eigenvalue weighted by Crippen LogP contribution is -2.36. The van der Waals surface area contributed by atoms with Gasteiger partial charge in [0.15, 0.2) is 5.82 Å². The Balaban J connectivity index is 1.61. The van der Waals surface area contributed by atoms with Crippen molar-refractivity contribution in [3.05, 3.63) is 57.1 Å². The Labute approximate surface area is 152 Å². The lowest BCUT2D eigenvalue weighted by molar-refractivity contribution is -0.137. The van der Waals surface area contributed by atoms with E-state index in [0.29, 0.717) is 23.8 Å². The molecule has 0 aliphatic carbocycles. The molecule has 27 heavy (non-hydrogen) atoms. The molecule has 9 heteroatoms. The zero-order chi connectivity index (χ0) is 19.4. The summed E-state index contributed by atoms with van der Waals surface area (Å²) in [6.07, 6.45) is -2.69. The molecule has 1 aromatic carbocycles. The maximum Gasteiger partial charge on any atom is 0.416 e. The fourth-order valence-corrected chi connectivity index (χ4v) is 3.59. The van der Waals surface area contributed by atoms with Gasteiger partial charge in [-0.2, -0.15) is 18.3 Å². The lowest BCUT2D eigenvalue weighted by atomic mass is 9.82. The summed E-state index contributed by atoms with van der Waals surface area (Å²) >= 11 is 0.